The number of quaternary nitrogens is 1. The molecule has 0 spiro atoms. The molecule has 0 rings (SSSR count). The number of allylic oxidation sites excluding steroid dienone is 6. The summed E-state index contributed by atoms with van der Waals surface area (Å²) in [6.07, 6.45) is 51.9. The summed E-state index contributed by atoms with van der Waals surface area (Å²) in [5, 5.41) is 0. The van der Waals surface area contributed by atoms with E-state index in [0.29, 0.717) is 23.9 Å². The van der Waals surface area contributed by atoms with Crippen molar-refractivity contribution in [3.63, 3.8) is 0 Å². The van der Waals surface area contributed by atoms with Crippen molar-refractivity contribution in [3.8, 4) is 0 Å². The molecule has 0 N–H and O–H groups in total. The first-order chi connectivity index (χ1) is 30.0. The quantitative estimate of drug-likeness (QED) is 0.0195. The first kappa shape index (κ1) is 60.2. The highest BCUT2D eigenvalue weighted by atomic mass is 31.2. The minimum absolute atomic E-state index is 0.0374. The smallest absolute Gasteiger partial charge is 0.306 e. The van der Waals surface area contributed by atoms with E-state index in [1.807, 2.05) is 21.1 Å². The molecular weight excluding hydrogens is 798 g/mol. The van der Waals surface area contributed by atoms with Crippen LogP contribution in [0.3, 0.4) is 0 Å². The third kappa shape index (κ3) is 47.7. The molecule has 0 aromatic heterocycles. The minimum atomic E-state index is -4.64. The van der Waals surface area contributed by atoms with Gasteiger partial charge < -0.3 is 27.9 Å². The molecular formula is C52H98NO8P. The summed E-state index contributed by atoms with van der Waals surface area (Å²) in [6, 6.07) is 0. The van der Waals surface area contributed by atoms with Crippen LogP contribution in [0.5, 0.6) is 0 Å². The van der Waals surface area contributed by atoms with Crippen LogP contribution < -0.4 is 4.89 Å². The van der Waals surface area contributed by atoms with E-state index in [1.165, 1.54) is 141 Å². The van der Waals surface area contributed by atoms with E-state index in [4.69, 9.17) is 18.5 Å². The second-order valence-corrected chi connectivity index (χ2v) is 19.9. The van der Waals surface area contributed by atoms with Gasteiger partial charge in [-0.2, -0.15) is 0 Å². The molecule has 1 unspecified atom stereocenters. The zero-order chi connectivity index (χ0) is 45.7. The lowest BCUT2D eigenvalue weighted by atomic mass is 10.0. The van der Waals surface area contributed by atoms with Gasteiger partial charge in [-0.3, -0.25) is 14.2 Å². The largest absolute Gasteiger partial charge is 0.756 e. The molecule has 10 heteroatoms. The lowest BCUT2D eigenvalue weighted by Gasteiger charge is -2.28. The highest BCUT2D eigenvalue weighted by Gasteiger charge is 2.21. The fourth-order valence-electron chi connectivity index (χ4n) is 7.10. The third-order valence-corrected chi connectivity index (χ3v) is 12.1. The Morgan fingerprint density at radius 1 is 0.500 bits per heavy atom. The van der Waals surface area contributed by atoms with Crippen molar-refractivity contribution < 1.29 is 42.1 Å². The summed E-state index contributed by atoms with van der Waals surface area (Å²) < 4.78 is 34.0. The molecule has 0 aromatic rings. The van der Waals surface area contributed by atoms with Gasteiger partial charge in [-0.25, -0.2) is 0 Å². The lowest BCUT2D eigenvalue weighted by Crippen LogP contribution is -2.37. The highest BCUT2D eigenvalue weighted by Crippen LogP contribution is 2.38. The van der Waals surface area contributed by atoms with Gasteiger partial charge in [-0.1, -0.05) is 192 Å². The molecule has 0 saturated carbocycles. The zero-order valence-corrected chi connectivity index (χ0v) is 42.0. The Balaban J connectivity index is 4.26. The zero-order valence-electron chi connectivity index (χ0n) is 41.1. The molecule has 0 aliphatic rings. The van der Waals surface area contributed by atoms with Crippen molar-refractivity contribution in [1.29, 1.82) is 0 Å². The Morgan fingerprint density at radius 2 is 0.887 bits per heavy atom. The van der Waals surface area contributed by atoms with Crippen LogP contribution in [0.25, 0.3) is 0 Å². The van der Waals surface area contributed by atoms with E-state index in [9.17, 15) is 19.0 Å². The molecule has 0 radical (unpaired) electrons. The molecule has 62 heavy (non-hydrogen) atoms. The Kier molecular flexibility index (Phi) is 43.2. The van der Waals surface area contributed by atoms with Gasteiger partial charge in [0, 0.05) is 12.8 Å². The number of ether oxygens (including phenoxy) is 2. The van der Waals surface area contributed by atoms with Gasteiger partial charge in [0.25, 0.3) is 7.82 Å². The van der Waals surface area contributed by atoms with Crippen LogP contribution in [0.2, 0.25) is 0 Å². The van der Waals surface area contributed by atoms with Gasteiger partial charge in [0.15, 0.2) is 6.10 Å². The van der Waals surface area contributed by atoms with Crippen LogP contribution in [0.15, 0.2) is 36.5 Å². The molecule has 0 fully saturated rings. The number of phosphoric ester groups is 1. The van der Waals surface area contributed by atoms with Gasteiger partial charge >= 0.3 is 11.9 Å². The average Bonchev–Trinajstić information content (AvgIpc) is 3.23. The molecule has 2 atom stereocenters. The molecule has 0 amide bonds. The van der Waals surface area contributed by atoms with Crippen molar-refractivity contribution in [1.82, 2.24) is 0 Å². The SMILES string of the molecule is CCCCC/C=C/C/C=C/CCCCCCCC(=O)OC[C@H](COP(=O)([O-])OCC[N+](C)(C)C)OC(=O)CCC/C=C/CCCCCCCCCCCCCCCCCCCC. The van der Waals surface area contributed by atoms with Gasteiger partial charge in [-0.05, 0) is 64.2 Å². The summed E-state index contributed by atoms with van der Waals surface area (Å²) in [5.41, 5.74) is 0. The van der Waals surface area contributed by atoms with Crippen LogP contribution in [-0.2, 0) is 32.7 Å². The number of carbonyl (C=O) groups excluding carboxylic acids is 2. The number of rotatable bonds is 47. The minimum Gasteiger partial charge on any atom is -0.756 e. The fourth-order valence-corrected chi connectivity index (χ4v) is 7.83. The fraction of sp³-hybridized carbons (Fsp3) is 0.846. The second kappa shape index (κ2) is 44.4. The van der Waals surface area contributed by atoms with Crippen molar-refractivity contribution in [2.75, 3.05) is 47.5 Å². The monoisotopic (exact) mass is 896 g/mol. The third-order valence-electron chi connectivity index (χ3n) is 11.1. The van der Waals surface area contributed by atoms with Crippen molar-refractivity contribution in [3.05, 3.63) is 36.5 Å². The molecule has 0 bridgehead atoms. The van der Waals surface area contributed by atoms with E-state index in [1.54, 1.807) is 0 Å². The first-order valence-corrected chi connectivity index (χ1v) is 27.2. The lowest BCUT2D eigenvalue weighted by molar-refractivity contribution is -0.870. The standard InChI is InChI=1S/C52H98NO8P/c1-6-8-10-12-14-16-18-20-22-23-24-25-26-27-28-29-31-33-35-37-39-41-43-45-52(55)61-50(49-60-62(56,57)59-47-46-53(3,4)5)48-58-51(54)44-42-40-38-36-34-32-30-21-19-17-15-13-11-9-7-2/h15,17,21,30,37,39,50H,6-14,16,18-20,22-29,31-36,38,40-49H2,1-5H3/b17-15+,30-21+,39-37+/t50-/m1/s1. The first-order valence-electron chi connectivity index (χ1n) is 25.7. The maximum absolute atomic E-state index is 12.7. The normalized spacial score (nSPS) is 13.7. The van der Waals surface area contributed by atoms with Crippen LogP contribution in [0.4, 0.5) is 0 Å². The molecule has 364 valence electrons. The summed E-state index contributed by atoms with van der Waals surface area (Å²) >= 11 is 0. The summed E-state index contributed by atoms with van der Waals surface area (Å²) in [7, 11) is 1.15. The predicted molar refractivity (Wildman–Crippen MR) is 259 cm³/mol. The topological polar surface area (TPSA) is 111 Å². The molecule has 0 heterocycles. The number of hydrogen-bond donors (Lipinski definition) is 0. The predicted octanol–water partition coefficient (Wildman–Crippen LogP) is 14.6. The number of esters is 2. The van der Waals surface area contributed by atoms with Crippen molar-refractivity contribution in [2.45, 2.75) is 238 Å². The Labute approximate surface area is 382 Å². The Bertz CT molecular complexity index is 1150. The van der Waals surface area contributed by atoms with Crippen LogP contribution >= 0.6 is 7.82 Å². The van der Waals surface area contributed by atoms with E-state index >= 15 is 0 Å². The van der Waals surface area contributed by atoms with E-state index in [0.717, 1.165) is 51.4 Å². The summed E-state index contributed by atoms with van der Waals surface area (Å²) in [4.78, 5) is 37.7. The van der Waals surface area contributed by atoms with Crippen LogP contribution in [-0.4, -0.2) is 70.0 Å². The summed E-state index contributed by atoms with van der Waals surface area (Å²) in [5.74, 6) is -0.881. The van der Waals surface area contributed by atoms with Gasteiger partial charge in [0.05, 0.1) is 27.7 Å². The van der Waals surface area contributed by atoms with E-state index < -0.39 is 32.5 Å². The van der Waals surface area contributed by atoms with E-state index in [2.05, 4.69) is 50.3 Å². The van der Waals surface area contributed by atoms with Crippen molar-refractivity contribution in [2.24, 2.45) is 0 Å². The molecule has 0 saturated heterocycles. The second-order valence-electron chi connectivity index (χ2n) is 18.5. The number of carbonyl (C=O) groups is 2. The maximum atomic E-state index is 12.7. The molecule has 0 aliphatic heterocycles. The summed E-state index contributed by atoms with van der Waals surface area (Å²) in [6.45, 7) is 4.18. The Morgan fingerprint density at radius 3 is 1.37 bits per heavy atom. The highest BCUT2D eigenvalue weighted by molar-refractivity contribution is 7.45. The number of unbranched alkanes of at least 4 members (excludes halogenated alkanes) is 27. The number of hydrogen-bond acceptors (Lipinski definition) is 8. The van der Waals surface area contributed by atoms with Crippen LogP contribution in [0.1, 0.15) is 232 Å². The van der Waals surface area contributed by atoms with Crippen molar-refractivity contribution >= 4 is 19.8 Å². The van der Waals surface area contributed by atoms with Gasteiger partial charge in [-0.15, -0.1) is 0 Å². The number of nitrogens with zero attached hydrogens (tertiary/aromatic N) is 1. The average molecular weight is 896 g/mol. The molecule has 0 aromatic carbocycles. The number of likely N-dealkylation sites (N-methyl/N-ethyl adjacent to an activating group) is 1. The number of phosphoric acid groups is 1. The molecule has 9 nitrogen and oxygen atoms in total. The van der Waals surface area contributed by atoms with Crippen LogP contribution in [0, 0.1) is 0 Å². The Hall–Kier alpha value is -1.77. The molecule has 0 aliphatic carbocycles. The maximum Gasteiger partial charge on any atom is 0.306 e. The van der Waals surface area contributed by atoms with E-state index in [-0.39, 0.29) is 26.1 Å². The van der Waals surface area contributed by atoms with Gasteiger partial charge in [0.1, 0.15) is 19.8 Å². The van der Waals surface area contributed by atoms with Gasteiger partial charge in [0.2, 0.25) is 0 Å².